The molecule has 1 aromatic rings. The Morgan fingerprint density at radius 1 is 1.62 bits per heavy atom. The summed E-state index contributed by atoms with van der Waals surface area (Å²) in [5, 5.41) is 0. The molecule has 0 heterocycles. The SMILES string of the molecule is COC(=O)[C@H](N)Cc1ccc(Br)cc1F.Cl. The molecule has 0 aliphatic rings. The van der Waals surface area contributed by atoms with Gasteiger partial charge in [0.25, 0.3) is 0 Å². The highest BCUT2D eigenvalue weighted by atomic mass is 79.9. The Morgan fingerprint density at radius 2 is 2.25 bits per heavy atom. The predicted octanol–water partition coefficient (Wildman–Crippen LogP) is 2.05. The standard InChI is InChI=1S/C10H11BrFNO2.ClH/c1-15-10(14)9(13)4-6-2-3-7(11)5-8(6)12;/h2-3,5,9H,4,13H2,1H3;1H/t9-;/m1./s1. The molecular weight excluding hydrogens is 300 g/mol. The summed E-state index contributed by atoms with van der Waals surface area (Å²) < 4.78 is 18.4. The molecule has 0 radical (unpaired) electrons. The third-order valence-corrected chi connectivity index (χ3v) is 2.45. The van der Waals surface area contributed by atoms with Gasteiger partial charge in [-0.05, 0) is 17.7 Å². The molecule has 6 heteroatoms. The molecule has 2 N–H and O–H groups in total. The van der Waals surface area contributed by atoms with E-state index in [1.165, 1.54) is 13.2 Å². The molecule has 0 aliphatic heterocycles. The minimum Gasteiger partial charge on any atom is -0.468 e. The van der Waals surface area contributed by atoms with E-state index in [-0.39, 0.29) is 24.6 Å². The number of carbonyl (C=O) groups excluding carboxylic acids is 1. The Hall–Kier alpha value is -0.650. The maximum Gasteiger partial charge on any atom is 0.322 e. The third kappa shape index (κ3) is 4.08. The third-order valence-electron chi connectivity index (χ3n) is 1.96. The van der Waals surface area contributed by atoms with Gasteiger partial charge in [0.15, 0.2) is 0 Å². The van der Waals surface area contributed by atoms with Crippen molar-refractivity contribution in [1.82, 2.24) is 0 Å². The summed E-state index contributed by atoms with van der Waals surface area (Å²) in [4.78, 5) is 11.0. The van der Waals surface area contributed by atoms with Crippen LogP contribution in [0.15, 0.2) is 22.7 Å². The van der Waals surface area contributed by atoms with Crippen molar-refractivity contribution in [3.05, 3.63) is 34.1 Å². The number of rotatable bonds is 3. The Balaban J connectivity index is 0.00000225. The monoisotopic (exact) mass is 311 g/mol. The number of ether oxygens (including phenoxy) is 1. The van der Waals surface area contributed by atoms with Crippen LogP contribution in [0.25, 0.3) is 0 Å². The molecule has 0 unspecified atom stereocenters. The van der Waals surface area contributed by atoms with Crippen LogP contribution in [0.1, 0.15) is 5.56 Å². The number of hydrogen-bond donors (Lipinski definition) is 1. The summed E-state index contributed by atoms with van der Waals surface area (Å²) in [6.45, 7) is 0. The van der Waals surface area contributed by atoms with E-state index in [0.717, 1.165) is 0 Å². The van der Waals surface area contributed by atoms with Gasteiger partial charge in [-0.3, -0.25) is 4.79 Å². The molecule has 0 aliphatic carbocycles. The van der Waals surface area contributed by atoms with E-state index in [1.807, 2.05) is 0 Å². The van der Waals surface area contributed by atoms with Crippen molar-refractivity contribution in [3.8, 4) is 0 Å². The first-order valence-electron chi connectivity index (χ1n) is 4.32. The fourth-order valence-corrected chi connectivity index (χ4v) is 1.49. The molecular formula is C10H12BrClFNO2. The Kier molecular flexibility index (Phi) is 6.55. The van der Waals surface area contributed by atoms with Gasteiger partial charge in [-0.15, -0.1) is 12.4 Å². The molecule has 0 fully saturated rings. The van der Waals surface area contributed by atoms with Crippen molar-refractivity contribution < 1.29 is 13.9 Å². The largest absolute Gasteiger partial charge is 0.468 e. The molecule has 0 bridgehead atoms. The zero-order valence-electron chi connectivity index (χ0n) is 8.57. The molecule has 0 spiro atoms. The average molecular weight is 313 g/mol. The van der Waals surface area contributed by atoms with Crippen LogP contribution in [-0.2, 0) is 16.0 Å². The van der Waals surface area contributed by atoms with Gasteiger partial charge in [-0.25, -0.2) is 4.39 Å². The Labute approximate surface area is 108 Å². The number of carbonyl (C=O) groups is 1. The van der Waals surface area contributed by atoms with E-state index < -0.39 is 12.0 Å². The quantitative estimate of drug-likeness (QED) is 0.869. The van der Waals surface area contributed by atoms with Crippen LogP contribution in [0.3, 0.4) is 0 Å². The number of methoxy groups -OCH3 is 1. The summed E-state index contributed by atoms with van der Waals surface area (Å²) in [6, 6.07) is 3.79. The van der Waals surface area contributed by atoms with Gasteiger partial charge in [0.05, 0.1) is 7.11 Å². The lowest BCUT2D eigenvalue weighted by Crippen LogP contribution is -2.33. The molecule has 16 heavy (non-hydrogen) atoms. The summed E-state index contributed by atoms with van der Waals surface area (Å²) in [5.74, 6) is -0.930. The molecule has 1 aromatic carbocycles. The molecule has 0 saturated heterocycles. The lowest BCUT2D eigenvalue weighted by molar-refractivity contribution is -0.142. The summed E-state index contributed by atoms with van der Waals surface area (Å²) >= 11 is 3.14. The van der Waals surface area contributed by atoms with Crippen LogP contribution < -0.4 is 5.73 Å². The Morgan fingerprint density at radius 3 is 2.75 bits per heavy atom. The Bertz CT molecular complexity index is 376. The molecule has 1 rings (SSSR count). The predicted molar refractivity (Wildman–Crippen MR) is 65.0 cm³/mol. The first kappa shape index (κ1) is 15.3. The maximum atomic E-state index is 13.3. The smallest absolute Gasteiger partial charge is 0.322 e. The van der Waals surface area contributed by atoms with E-state index in [1.54, 1.807) is 12.1 Å². The van der Waals surface area contributed by atoms with Crippen LogP contribution in [0.5, 0.6) is 0 Å². The van der Waals surface area contributed by atoms with Crippen molar-refractivity contribution in [1.29, 1.82) is 0 Å². The molecule has 0 saturated carbocycles. The van der Waals surface area contributed by atoms with Gasteiger partial charge in [0, 0.05) is 10.9 Å². The lowest BCUT2D eigenvalue weighted by Gasteiger charge is -2.09. The number of nitrogens with two attached hydrogens (primary N) is 1. The van der Waals surface area contributed by atoms with Crippen LogP contribution in [0.2, 0.25) is 0 Å². The highest BCUT2D eigenvalue weighted by molar-refractivity contribution is 9.10. The highest BCUT2D eigenvalue weighted by Crippen LogP contribution is 2.16. The topological polar surface area (TPSA) is 52.3 Å². The van der Waals surface area contributed by atoms with Crippen molar-refractivity contribution in [2.75, 3.05) is 7.11 Å². The van der Waals surface area contributed by atoms with E-state index in [2.05, 4.69) is 20.7 Å². The van der Waals surface area contributed by atoms with E-state index in [4.69, 9.17) is 5.73 Å². The summed E-state index contributed by atoms with van der Waals surface area (Å²) in [6.07, 6.45) is 0.131. The zero-order chi connectivity index (χ0) is 11.4. The van der Waals surface area contributed by atoms with Crippen molar-refractivity contribution in [2.24, 2.45) is 5.73 Å². The van der Waals surface area contributed by atoms with Crippen LogP contribution >= 0.6 is 28.3 Å². The minimum absolute atomic E-state index is 0. The zero-order valence-corrected chi connectivity index (χ0v) is 11.0. The van der Waals surface area contributed by atoms with Gasteiger partial charge in [-0.2, -0.15) is 0 Å². The molecule has 3 nitrogen and oxygen atoms in total. The van der Waals surface area contributed by atoms with E-state index in [9.17, 15) is 9.18 Å². The van der Waals surface area contributed by atoms with Gasteiger partial charge in [0.2, 0.25) is 0 Å². The summed E-state index contributed by atoms with van der Waals surface area (Å²) in [7, 11) is 1.25. The van der Waals surface area contributed by atoms with Crippen LogP contribution in [-0.4, -0.2) is 19.1 Å². The van der Waals surface area contributed by atoms with Gasteiger partial charge >= 0.3 is 5.97 Å². The molecule has 0 aromatic heterocycles. The van der Waals surface area contributed by atoms with E-state index >= 15 is 0 Å². The van der Waals surface area contributed by atoms with Gasteiger partial charge in [-0.1, -0.05) is 22.0 Å². The van der Waals surface area contributed by atoms with Crippen LogP contribution in [0.4, 0.5) is 4.39 Å². The molecule has 1 atom stereocenters. The first-order valence-corrected chi connectivity index (χ1v) is 5.11. The fourth-order valence-electron chi connectivity index (χ4n) is 1.16. The maximum absolute atomic E-state index is 13.3. The number of hydrogen-bond acceptors (Lipinski definition) is 3. The average Bonchev–Trinajstić information content (AvgIpc) is 2.20. The normalized spacial score (nSPS) is 11.5. The second-order valence-electron chi connectivity index (χ2n) is 3.07. The van der Waals surface area contributed by atoms with Gasteiger partial charge in [0.1, 0.15) is 11.9 Å². The van der Waals surface area contributed by atoms with Crippen LogP contribution in [0, 0.1) is 5.82 Å². The van der Waals surface area contributed by atoms with E-state index in [0.29, 0.717) is 10.0 Å². The first-order chi connectivity index (χ1) is 7.04. The summed E-state index contributed by atoms with van der Waals surface area (Å²) in [5.41, 5.74) is 5.91. The van der Waals surface area contributed by atoms with Crippen molar-refractivity contribution in [2.45, 2.75) is 12.5 Å². The number of halogens is 3. The molecule has 90 valence electrons. The lowest BCUT2D eigenvalue weighted by atomic mass is 10.1. The van der Waals surface area contributed by atoms with Crippen molar-refractivity contribution >= 4 is 34.3 Å². The number of benzene rings is 1. The molecule has 0 amide bonds. The fraction of sp³-hybridized carbons (Fsp3) is 0.300. The second kappa shape index (κ2) is 6.83. The minimum atomic E-state index is -0.828. The number of esters is 1. The second-order valence-corrected chi connectivity index (χ2v) is 3.99. The van der Waals surface area contributed by atoms with Gasteiger partial charge < -0.3 is 10.5 Å². The highest BCUT2D eigenvalue weighted by Gasteiger charge is 2.16. The van der Waals surface area contributed by atoms with Crippen molar-refractivity contribution in [3.63, 3.8) is 0 Å².